The molecule has 1 aromatic carbocycles. The number of nitrogens with one attached hydrogen (secondary N) is 2. The molecule has 0 aliphatic carbocycles. The number of rotatable bonds is 8. The lowest BCUT2D eigenvalue weighted by Crippen LogP contribution is -2.46. The molecule has 4 heterocycles. The quantitative estimate of drug-likeness (QED) is 0.332. The molecular weight excluding hydrogens is 500 g/mol. The van der Waals surface area contributed by atoms with E-state index in [-0.39, 0.29) is 12.0 Å². The van der Waals surface area contributed by atoms with Crippen LogP contribution in [0.5, 0.6) is 0 Å². The lowest BCUT2D eigenvalue weighted by Gasteiger charge is -2.41. The topological polar surface area (TPSA) is 129 Å². The van der Waals surface area contributed by atoms with Gasteiger partial charge in [0.05, 0.1) is 34.9 Å². The molecule has 1 atom stereocenters. The van der Waals surface area contributed by atoms with Gasteiger partial charge in [-0.3, -0.25) is 19.4 Å². The summed E-state index contributed by atoms with van der Waals surface area (Å²) in [6, 6.07) is 15.5. The third-order valence-electron chi connectivity index (χ3n) is 7.01. The Bertz CT molecular complexity index is 1500. The van der Waals surface area contributed by atoms with Gasteiger partial charge in [0.15, 0.2) is 10.7 Å². The molecule has 5 rings (SSSR count). The van der Waals surface area contributed by atoms with E-state index in [2.05, 4.69) is 32.3 Å². The van der Waals surface area contributed by atoms with Gasteiger partial charge in [-0.05, 0) is 42.7 Å². The molecule has 1 unspecified atom stereocenters. The predicted octanol–water partition coefficient (Wildman–Crippen LogP) is 3.35. The Hall–Kier alpha value is -3.69. The average Bonchev–Trinajstić information content (AvgIpc) is 3.30. The number of aromatic nitrogens is 4. The lowest BCUT2D eigenvalue weighted by molar-refractivity contribution is 0.101. The van der Waals surface area contributed by atoms with Crippen molar-refractivity contribution >= 4 is 33.8 Å². The fraction of sp³-hybridized carbons (Fsp3) is 0.333. The lowest BCUT2D eigenvalue weighted by atomic mass is 9.84. The molecule has 10 nitrogen and oxygen atoms in total. The monoisotopic (exact) mass is 530 g/mol. The molecule has 196 valence electrons. The highest BCUT2D eigenvalue weighted by Crippen LogP contribution is 2.37. The van der Waals surface area contributed by atoms with E-state index in [0.717, 1.165) is 38.0 Å². The maximum absolute atomic E-state index is 13.0. The van der Waals surface area contributed by atoms with Gasteiger partial charge in [0, 0.05) is 64.1 Å². The summed E-state index contributed by atoms with van der Waals surface area (Å²) in [7, 11) is 3.50. The van der Waals surface area contributed by atoms with Crippen molar-refractivity contribution in [2.24, 2.45) is 0 Å². The first-order valence-corrected chi connectivity index (χ1v) is 13.6. The minimum atomic E-state index is -1.31. The maximum atomic E-state index is 13.0. The first-order valence-electron chi connectivity index (χ1n) is 12.5. The number of pyridine rings is 2. The van der Waals surface area contributed by atoms with Crippen LogP contribution in [0.1, 0.15) is 24.8 Å². The zero-order valence-corrected chi connectivity index (χ0v) is 22.2. The number of hydrogen-bond donors (Lipinski definition) is 2. The van der Waals surface area contributed by atoms with Gasteiger partial charge in [0.25, 0.3) is 5.56 Å². The molecule has 1 aliphatic rings. The van der Waals surface area contributed by atoms with E-state index in [0.29, 0.717) is 27.3 Å². The van der Waals surface area contributed by atoms with E-state index in [1.165, 1.54) is 0 Å². The molecule has 0 radical (unpaired) electrons. The summed E-state index contributed by atoms with van der Waals surface area (Å²) in [5.74, 6) is 0.407. The van der Waals surface area contributed by atoms with Crippen molar-refractivity contribution in [3.8, 4) is 6.07 Å². The molecule has 4 aromatic rings. The Morgan fingerprint density at radius 1 is 1.24 bits per heavy atom. The maximum Gasteiger partial charge on any atom is 0.261 e. The third kappa shape index (κ3) is 5.16. The van der Waals surface area contributed by atoms with Gasteiger partial charge in [-0.15, -0.1) is 4.31 Å². The van der Waals surface area contributed by atoms with Gasteiger partial charge in [-0.1, -0.05) is 12.1 Å². The predicted molar refractivity (Wildman–Crippen MR) is 147 cm³/mol. The van der Waals surface area contributed by atoms with Crippen molar-refractivity contribution in [2.45, 2.75) is 36.2 Å². The molecule has 0 spiro atoms. The highest BCUT2D eigenvalue weighted by Gasteiger charge is 2.39. The SMILES string of the molecule is CN(C)[S+]([O-])c1cccc(Nc2nn(C3(CC#N)CCN(Cc4cccnc4)CC3)c3cc[nH]c(=O)c23)c1. The zero-order chi connectivity index (χ0) is 26.7. The van der Waals surface area contributed by atoms with Gasteiger partial charge < -0.3 is 14.9 Å². The standard InChI is InChI=1S/C27H30N8O2S/c1-33(2)38(37)22-7-3-6-21(17-22)31-25-24-23(8-14-30-26(24)36)35(32-25)27(9-12-28)10-15-34(16-11-27)19-20-5-4-13-29-18-20/h3-8,13-14,17-18H,9-11,15-16,19H2,1-2H3,(H,30,36)(H,31,32). The number of benzene rings is 1. The van der Waals surface area contributed by atoms with Crippen LogP contribution in [0.15, 0.2) is 70.7 Å². The van der Waals surface area contributed by atoms with Crippen molar-refractivity contribution in [1.82, 2.24) is 29.0 Å². The third-order valence-corrected chi connectivity index (χ3v) is 8.33. The van der Waals surface area contributed by atoms with E-state index in [4.69, 9.17) is 5.10 Å². The Balaban J connectivity index is 1.48. The van der Waals surface area contributed by atoms with Crippen molar-refractivity contribution in [1.29, 1.82) is 5.26 Å². The molecule has 0 bridgehead atoms. The average molecular weight is 531 g/mol. The van der Waals surface area contributed by atoms with Crippen LogP contribution in [0.3, 0.4) is 0 Å². The second-order valence-electron chi connectivity index (χ2n) is 9.74. The van der Waals surface area contributed by atoms with Crippen LogP contribution in [0.2, 0.25) is 0 Å². The van der Waals surface area contributed by atoms with E-state index in [9.17, 15) is 14.6 Å². The smallest absolute Gasteiger partial charge is 0.261 e. The van der Waals surface area contributed by atoms with Crippen LogP contribution in [0.4, 0.5) is 11.5 Å². The number of aromatic amines is 1. The fourth-order valence-electron chi connectivity index (χ4n) is 5.04. The molecule has 0 amide bonds. The van der Waals surface area contributed by atoms with Crippen molar-refractivity contribution in [3.63, 3.8) is 0 Å². The summed E-state index contributed by atoms with van der Waals surface area (Å²) in [6.07, 6.45) is 7.00. The van der Waals surface area contributed by atoms with Crippen LogP contribution in [0.25, 0.3) is 10.9 Å². The molecule has 3 aromatic heterocycles. The van der Waals surface area contributed by atoms with Crippen LogP contribution >= 0.6 is 0 Å². The zero-order valence-electron chi connectivity index (χ0n) is 21.4. The number of likely N-dealkylation sites (tertiary alicyclic amines) is 1. The summed E-state index contributed by atoms with van der Waals surface area (Å²) in [5.41, 5.74) is 1.71. The number of fused-ring (bicyclic) bond motifs is 1. The number of hydrogen-bond acceptors (Lipinski definition) is 8. The summed E-state index contributed by atoms with van der Waals surface area (Å²) < 4.78 is 16.1. The van der Waals surface area contributed by atoms with Gasteiger partial charge in [-0.25, -0.2) is 0 Å². The molecular formula is C27H30N8O2S. The molecule has 38 heavy (non-hydrogen) atoms. The largest absolute Gasteiger partial charge is 0.593 e. The van der Waals surface area contributed by atoms with E-state index < -0.39 is 16.9 Å². The summed E-state index contributed by atoms with van der Waals surface area (Å²) in [6.45, 7) is 2.39. The molecule has 11 heteroatoms. The number of anilines is 2. The highest BCUT2D eigenvalue weighted by molar-refractivity contribution is 7.89. The Morgan fingerprint density at radius 3 is 2.76 bits per heavy atom. The van der Waals surface area contributed by atoms with Crippen molar-refractivity contribution < 1.29 is 4.55 Å². The Kier molecular flexibility index (Phi) is 7.49. The van der Waals surface area contributed by atoms with Gasteiger partial charge in [0.1, 0.15) is 5.39 Å². The minimum absolute atomic E-state index is 0.259. The minimum Gasteiger partial charge on any atom is -0.593 e. The van der Waals surface area contributed by atoms with Crippen LogP contribution < -0.4 is 10.9 Å². The Morgan fingerprint density at radius 2 is 2.05 bits per heavy atom. The van der Waals surface area contributed by atoms with Gasteiger partial charge in [0.2, 0.25) is 0 Å². The summed E-state index contributed by atoms with van der Waals surface area (Å²) in [5, 5.41) is 18.4. The number of piperidine rings is 1. The first-order chi connectivity index (χ1) is 18.4. The van der Waals surface area contributed by atoms with Crippen molar-refractivity contribution in [2.75, 3.05) is 32.5 Å². The molecule has 1 fully saturated rings. The molecule has 1 aliphatic heterocycles. The van der Waals surface area contributed by atoms with Crippen molar-refractivity contribution in [3.05, 3.63) is 77.0 Å². The van der Waals surface area contributed by atoms with E-state index in [1.807, 2.05) is 35.1 Å². The number of nitrogens with zero attached hydrogens (tertiary/aromatic N) is 6. The fourth-order valence-corrected chi connectivity index (χ4v) is 5.89. The van der Waals surface area contributed by atoms with Crippen LogP contribution in [-0.2, 0) is 23.4 Å². The van der Waals surface area contributed by atoms with E-state index >= 15 is 0 Å². The normalized spacial score (nSPS) is 16.4. The molecule has 1 saturated heterocycles. The van der Waals surface area contributed by atoms with Crippen LogP contribution in [-0.4, -0.2) is 60.7 Å². The molecule has 2 N–H and O–H groups in total. The summed E-state index contributed by atoms with van der Waals surface area (Å²) >= 11 is -1.31. The second-order valence-corrected chi connectivity index (χ2v) is 11.4. The van der Waals surface area contributed by atoms with Gasteiger partial charge in [-0.2, -0.15) is 10.4 Å². The molecule has 0 saturated carbocycles. The second kappa shape index (κ2) is 11.0. The summed E-state index contributed by atoms with van der Waals surface area (Å²) in [4.78, 5) is 23.0. The van der Waals surface area contributed by atoms with Gasteiger partial charge >= 0.3 is 0 Å². The highest BCUT2D eigenvalue weighted by atomic mass is 32.2. The first kappa shape index (κ1) is 25.9. The van der Waals surface area contributed by atoms with Crippen LogP contribution in [0, 0.1) is 11.3 Å². The number of nitriles is 1. The number of H-pyrrole nitrogens is 1. The van der Waals surface area contributed by atoms with E-state index in [1.54, 1.807) is 42.9 Å². The Labute approximate surface area is 224 Å².